The summed E-state index contributed by atoms with van der Waals surface area (Å²) in [6.07, 6.45) is 0. The van der Waals surface area contributed by atoms with Crippen LogP contribution in [0.15, 0.2) is 0 Å². The molecule has 0 radical (unpaired) electrons. The molecule has 0 aromatic heterocycles. The molecule has 0 spiro atoms. The van der Waals surface area contributed by atoms with Gasteiger partial charge in [-0.3, -0.25) is 0 Å². The van der Waals surface area contributed by atoms with Gasteiger partial charge in [-0.15, -0.1) is 0 Å². The van der Waals surface area contributed by atoms with Gasteiger partial charge >= 0.3 is 0 Å². The first-order valence-electron chi connectivity index (χ1n) is 3.89. The molecule has 1 aliphatic heterocycles. The second kappa shape index (κ2) is 2.30. The fourth-order valence-corrected chi connectivity index (χ4v) is 1.38. The minimum atomic E-state index is 0.810. The van der Waals surface area contributed by atoms with Crippen LogP contribution >= 0.6 is 0 Å². The quantitative estimate of drug-likeness (QED) is 0.560. The molecule has 2 atom stereocenters. The van der Waals surface area contributed by atoms with E-state index in [2.05, 4.69) is 33.0 Å². The minimum Gasteiger partial charge on any atom is -0.308 e. The van der Waals surface area contributed by atoms with Gasteiger partial charge in [0.1, 0.15) is 0 Å². The average Bonchev–Trinajstić information content (AvgIpc) is 2.39. The summed E-state index contributed by atoms with van der Waals surface area (Å²) in [4.78, 5) is 0. The molecule has 0 aromatic rings. The molecule has 1 aliphatic rings. The molecule has 0 amide bonds. The topological polar surface area (TPSA) is 21.9 Å². The van der Waals surface area contributed by atoms with E-state index in [1.807, 2.05) is 0 Å². The van der Waals surface area contributed by atoms with Crippen LogP contribution < -0.4 is 5.32 Å². The van der Waals surface area contributed by atoms with Crippen LogP contribution in [0.25, 0.3) is 0 Å². The molecule has 54 valence electrons. The molecule has 1 rings (SSSR count). The molecule has 0 aliphatic carbocycles. The molecule has 1 heterocycles. The van der Waals surface area contributed by atoms with Crippen LogP contribution in [0, 0.1) is 11.8 Å². The fraction of sp³-hybridized carbons (Fsp3) is 1.00. The van der Waals surface area contributed by atoms with Gasteiger partial charge in [0.2, 0.25) is 0 Å². The number of rotatable bonds is 2. The van der Waals surface area contributed by atoms with Gasteiger partial charge in [0.05, 0.1) is 0 Å². The largest absolute Gasteiger partial charge is 0.308 e. The normalized spacial score (nSPS) is 34.0. The van der Waals surface area contributed by atoms with Crippen molar-refractivity contribution in [2.24, 2.45) is 11.8 Å². The number of hydrogen-bond donors (Lipinski definition) is 1. The summed E-state index contributed by atoms with van der Waals surface area (Å²) in [6, 6.07) is 1.62. The van der Waals surface area contributed by atoms with E-state index in [-0.39, 0.29) is 0 Å². The Bertz CT molecular complexity index is 84.7. The molecule has 1 N–H and O–H groups in total. The average molecular weight is 127 g/mol. The van der Waals surface area contributed by atoms with Crippen molar-refractivity contribution in [3.63, 3.8) is 0 Å². The third-order valence-electron chi connectivity index (χ3n) is 2.10. The first-order valence-corrected chi connectivity index (χ1v) is 3.89. The standard InChI is InChI=1S/C8H17N/c1-5(2)7-8(9-7)6(3)4/h5-9H,1-4H3/t7-,8-/m0/s1. The lowest BCUT2D eigenvalue weighted by molar-refractivity contribution is 0.556. The minimum absolute atomic E-state index is 0.810. The summed E-state index contributed by atoms with van der Waals surface area (Å²) in [6.45, 7) is 9.11. The van der Waals surface area contributed by atoms with Crippen molar-refractivity contribution in [1.29, 1.82) is 0 Å². The molecule has 9 heavy (non-hydrogen) atoms. The molecule has 1 fully saturated rings. The maximum Gasteiger partial charge on any atom is 0.0250 e. The first-order chi connectivity index (χ1) is 4.13. The van der Waals surface area contributed by atoms with E-state index in [4.69, 9.17) is 0 Å². The Morgan fingerprint density at radius 3 is 1.33 bits per heavy atom. The lowest BCUT2D eigenvalue weighted by Crippen LogP contribution is -2.07. The van der Waals surface area contributed by atoms with Crippen LogP contribution in [0.5, 0.6) is 0 Å². The highest BCUT2D eigenvalue weighted by Gasteiger charge is 2.39. The molecular formula is C8H17N. The summed E-state index contributed by atoms with van der Waals surface area (Å²) < 4.78 is 0. The van der Waals surface area contributed by atoms with Gasteiger partial charge in [0, 0.05) is 12.1 Å². The highest BCUT2D eigenvalue weighted by atomic mass is 15.2. The maximum atomic E-state index is 3.47. The van der Waals surface area contributed by atoms with Crippen molar-refractivity contribution < 1.29 is 0 Å². The lowest BCUT2D eigenvalue weighted by Gasteiger charge is -2.01. The Kier molecular flexibility index (Phi) is 1.80. The van der Waals surface area contributed by atoms with Crippen LogP contribution in [0.3, 0.4) is 0 Å². The zero-order valence-corrected chi connectivity index (χ0v) is 6.81. The van der Waals surface area contributed by atoms with Gasteiger partial charge in [-0.2, -0.15) is 0 Å². The van der Waals surface area contributed by atoms with E-state index in [0.29, 0.717) is 0 Å². The summed E-state index contributed by atoms with van der Waals surface area (Å²) >= 11 is 0. The van der Waals surface area contributed by atoms with Crippen molar-refractivity contribution in [2.45, 2.75) is 39.8 Å². The second-order valence-corrected chi connectivity index (χ2v) is 3.71. The third-order valence-corrected chi connectivity index (χ3v) is 2.10. The van der Waals surface area contributed by atoms with Gasteiger partial charge < -0.3 is 5.32 Å². The van der Waals surface area contributed by atoms with E-state index >= 15 is 0 Å². The second-order valence-electron chi connectivity index (χ2n) is 3.71. The van der Waals surface area contributed by atoms with Gasteiger partial charge in [0.25, 0.3) is 0 Å². The van der Waals surface area contributed by atoms with Crippen LogP contribution in [-0.4, -0.2) is 12.1 Å². The number of hydrogen-bond acceptors (Lipinski definition) is 1. The van der Waals surface area contributed by atoms with Crippen LogP contribution in [0.1, 0.15) is 27.7 Å². The van der Waals surface area contributed by atoms with Gasteiger partial charge in [-0.25, -0.2) is 0 Å². The fourth-order valence-electron chi connectivity index (χ4n) is 1.38. The van der Waals surface area contributed by atoms with Gasteiger partial charge in [-0.1, -0.05) is 27.7 Å². The zero-order valence-electron chi connectivity index (χ0n) is 6.81. The van der Waals surface area contributed by atoms with Crippen LogP contribution in [0.2, 0.25) is 0 Å². The number of nitrogens with one attached hydrogen (secondary N) is 1. The molecule has 0 unspecified atom stereocenters. The highest BCUT2D eigenvalue weighted by Crippen LogP contribution is 2.25. The summed E-state index contributed by atoms with van der Waals surface area (Å²) in [5, 5.41) is 3.47. The molecule has 1 heteroatoms. The van der Waals surface area contributed by atoms with Crippen molar-refractivity contribution in [1.82, 2.24) is 5.32 Å². The van der Waals surface area contributed by atoms with E-state index in [9.17, 15) is 0 Å². The Morgan fingerprint density at radius 1 is 0.889 bits per heavy atom. The molecular weight excluding hydrogens is 110 g/mol. The Morgan fingerprint density at radius 2 is 1.22 bits per heavy atom. The molecule has 1 saturated heterocycles. The van der Waals surface area contributed by atoms with Crippen molar-refractivity contribution in [3.8, 4) is 0 Å². The SMILES string of the molecule is CC(C)[C@@H]1N[C@H]1C(C)C. The van der Waals surface area contributed by atoms with Crippen molar-refractivity contribution in [3.05, 3.63) is 0 Å². The smallest absolute Gasteiger partial charge is 0.0250 e. The molecule has 1 nitrogen and oxygen atoms in total. The summed E-state index contributed by atoms with van der Waals surface area (Å²) in [5.74, 6) is 1.63. The van der Waals surface area contributed by atoms with Crippen LogP contribution in [-0.2, 0) is 0 Å². The molecule has 0 bridgehead atoms. The molecule has 0 saturated carbocycles. The Hall–Kier alpha value is -0.0400. The van der Waals surface area contributed by atoms with E-state index < -0.39 is 0 Å². The zero-order chi connectivity index (χ0) is 7.02. The third kappa shape index (κ3) is 1.45. The predicted octanol–water partition coefficient (Wildman–Crippen LogP) is 1.64. The predicted molar refractivity (Wildman–Crippen MR) is 40.4 cm³/mol. The monoisotopic (exact) mass is 127 g/mol. The summed E-state index contributed by atoms with van der Waals surface area (Å²) in [7, 11) is 0. The van der Waals surface area contributed by atoms with Crippen molar-refractivity contribution >= 4 is 0 Å². The Labute approximate surface area is 57.8 Å². The highest BCUT2D eigenvalue weighted by molar-refractivity contribution is 5.01. The Balaban J connectivity index is 2.24. The van der Waals surface area contributed by atoms with E-state index in [1.54, 1.807) is 0 Å². The van der Waals surface area contributed by atoms with E-state index in [0.717, 1.165) is 23.9 Å². The first kappa shape index (κ1) is 7.07. The lowest BCUT2D eigenvalue weighted by atomic mass is 10.0. The van der Waals surface area contributed by atoms with Crippen molar-refractivity contribution in [2.75, 3.05) is 0 Å². The maximum absolute atomic E-state index is 3.47. The van der Waals surface area contributed by atoms with Crippen LogP contribution in [0.4, 0.5) is 0 Å². The molecule has 0 aromatic carbocycles. The van der Waals surface area contributed by atoms with Gasteiger partial charge in [-0.05, 0) is 11.8 Å². The van der Waals surface area contributed by atoms with E-state index in [1.165, 1.54) is 0 Å². The summed E-state index contributed by atoms with van der Waals surface area (Å²) in [5.41, 5.74) is 0. The van der Waals surface area contributed by atoms with Gasteiger partial charge in [0.15, 0.2) is 0 Å².